The zero-order valence-electron chi connectivity index (χ0n) is 33.1. The van der Waals surface area contributed by atoms with Gasteiger partial charge in [0.05, 0.1) is 0 Å². The molecule has 290 valence electrons. The molecule has 7 rings (SSSR count). The second-order valence-corrected chi connectivity index (χ2v) is 17.1. The molecule has 0 saturated heterocycles. The van der Waals surface area contributed by atoms with Crippen LogP contribution in [-0.4, -0.2) is 9.13 Å². The molecule has 0 atom stereocenters. The number of hydrogen-bond donors (Lipinski definition) is 0. The summed E-state index contributed by atoms with van der Waals surface area (Å²) in [5, 5.41) is 7.30. The first-order valence-electron chi connectivity index (χ1n) is 21.6. The van der Waals surface area contributed by atoms with Crippen LogP contribution in [0.4, 0.5) is 0 Å². The minimum absolute atomic E-state index is 0.214. The summed E-state index contributed by atoms with van der Waals surface area (Å²) >= 11 is 1.62. The van der Waals surface area contributed by atoms with Gasteiger partial charge in [0.1, 0.15) is 0 Å². The molecule has 0 aliphatic heterocycles. The van der Waals surface area contributed by atoms with Gasteiger partial charge in [0.15, 0.2) is 0 Å². The number of fused-ring (bicyclic) bond motifs is 5. The molecule has 4 aromatic carbocycles. The van der Waals surface area contributed by atoms with Crippen LogP contribution in [0.25, 0.3) is 63.3 Å². The van der Waals surface area contributed by atoms with E-state index in [-0.39, 0.29) is 22.2 Å². The maximum atomic E-state index is 14.2. The van der Waals surface area contributed by atoms with Gasteiger partial charge in [-0.25, -0.2) is 0 Å². The summed E-state index contributed by atoms with van der Waals surface area (Å²) in [7, 11) is 0. The SMILES string of the molecule is CCCCCCCCCCCCn1c(=O)c2cccc3c4sc5c(cc6c(=O)n(CCCCCCCCCCCC)c(=O)c7cccc5c76)c4cc(c1=O)c23. The van der Waals surface area contributed by atoms with E-state index >= 15 is 0 Å². The maximum Gasteiger partial charge on any atom is 0.261 e. The summed E-state index contributed by atoms with van der Waals surface area (Å²) in [6.07, 6.45) is 23.8. The second-order valence-electron chi connectivity index (χ2n) is 16.0. The Morgan fingerprint density at radius 2 is 0.691 bits per heavy atom. The molecular formula is C48H58N2O4S. The van der Waals surface area contributed by atoms with Crippen molar-refractivity contribution in [2.45, 2.75) is 155 Å². The number of rotatable bonds is 22. The fourth-order valence-electron chi connectivity index (χ4n) is 9.02. The molecule has 7 aromatic rings. The molecule has 0 bridgehead atoms. The number of nitrogens with zero attached hydrogens (tertiary/aromatic N) is 2. The van der Waals surface area contributed by atoms with Crippen LogP contribution in [0.15, 0.2) is 67.7 Å². The number of thiophene rings is 1. The molecule has 6 nitrogen and oxygen atoms in total. The van der Waals surface area contributed by atoms with E-state index in [9.17, 15) is 19.2 Å². The van der Waals surface area contributed by atoms with Crippen molar-refractivity contribution in [3.8, 4) is 0 Å². The number of unbranched alkanes of at least 4 members (excludes halogenated alkanes) is 18. The van der Waals surface area contributed by atoms with Gasteiger partial charge in [0, 0.05) is 76.4 Å². The third-order valence-electron chi connectivity index (χ3n) is 12.1. The quantitative estimate of drug-likeness (QED) is 0.0645. The highest BCUT2D eigenvalue weighted by Gasteiger charge is 2.22. The van der Waals surface area contributed by atoms with Gasteiger partial charge in [-0.15, -0.1) is 11.3 Å². The smallest absolute Gasteiger partial charge is 0.261 e. The highest BCUT2D eigenvalue weighted by molar-refractivity contribution is 7.27. The fraction of sp³-hybridized carbons (Fsp3) is 0.500. The Morgan fingerprint density at radius 3 is 1.05 bits per heavy atom. The molecule has 0 N–H and O–H groups in total. The minimum atomic E-state index is -0.236. The van der Waals surface area contributed by atoms with E-state index in [1.807, 2.05) is 48.5 Å². The molecule has 0 amide bonds. The Kier molecular flexibility index (Phi) is 13.0. The van der Waals surface area contributed by atoms with Crippen molar-refractivity contribution in [2.75, 3.05) is 0 Å². The lowest BCUT2D eigenvalue weighted by atomic mass is 9.96. The predicted octanol–water partition coefficient (Wildman–Crippen LogP) is 12.4. The van der Waals surface area contributed by atoms with E-state index in [4.69, 9.17) is 0 Å². The zero-order chi connectivity index (χ0) is 38.3. The van der Waals surface area contributed by atoms with Crippen molar-refractivity contribution < 1.29 is 0 Å². The van der Waals surface area contributed by atoms with Gasteiger partial charge < -0.3 is 0 Å². The largest absolute Gasteiger partial charge is 0.274 e. The van der Waals surface area contributed by atoms with Crippen molar-refractivity contribution in [1.29, 1.82) is 0 Å². The van der Waals surface area contributed by atoms with Gasteiger partial charge in [0.25, 0.3) is 22.2 Å². The van der Waals surface area contributed by atoms with E-state index < -0.39 is 0 Å². The molecule has 0 aliphatic rings. The molecule has 0 unspecified atom stereocenters. The highest BCUT2D eigenvalue weighted by Crippen LogP contribution is 2.44. The van der Waals surface area contributed by atoms with Crippen molar-refractivity contribution >= 4 is 74.6 Å². The third-order valence-corrected chi connectivity index (χ3v) is 13.4. The Morgan fingerprint density at radius 1 is 0.382 bits per heavy atom. The lowest BCUT2D eigenvalue weighted by Crippen LogP contribution is -2.33. The number of hydrogen-bond acceptors (Lipinski definition) is 5. The molecule has 3 aromatic heterocycles. The summed E-state index contributed by atoms with van der Waals surface area (Å²) in [6, 6.07) is 15.5. The molecule has 0 fully saturated rings. The summed E-state index contributed by atoms with van der Waals surface area (Å²) in [5.41, 5.74) is -0.900. The van der Waals surface area contributed by atoms with Crippen LogP contribution in [0.3, 0.4) is 0 Å². The summed E-state index contributed by atoms with van der Waals surface area (Å²) < 4.78 is 4.88. The standard InChI is InChI=1S/C48H58N2O4S/c1-3-5-7-9-11-13-15-17-19-21-29-49-45(51)35-27-23-25-33-41(35)39(47(49)53)31-37-38-32-40-42-34(44(38)55-43(33)37)26-24-28-36(42)46(52)50(48(40)54)30-22-20-18-16-14-12-10-8-6-4-2/h23-28,31-32H,3-22,29-30H2,1-2H3. The van der Waals surface area contributed by atoms with Crippen molar-refractivity contribution in [1.82, 2.24) is 9.13 Å². The summed E-state index contributed by atoms with van der Waals surface area (Å²) in [5.74, 6) is 0. The van der Waals surface area contributed by atoms with Gasteiger partial charge in [-0.2, -0.15) is 0 Å². The molecule has 7 heteroatoms. The Labute approximate surface area is 327 Å². The van der Waals surface area contributed by atoms with Crippen LogP contribution < -0.4 is 22.2 Å². The van der Waals surface area contributed by atoms with Crippen LogP contribution in [0.1, 0.15) is 142 Å². The van der Waals surface area contributed by atoms with E-state index in [1.165, 1.54) is 99.0 Å². The van der Waals surface area contributed by atoms with Gasteiger partial charge >= 0.3 is 0 Å². The van der Waals surface area contributed by atoms with Crippen LogP contribution in [0.5, 0.6) is 0 Å². The van der Waals surface area contributed by atoms with Crippen molar-refractivity contribution in [3.05, 3.63) is 89.9 Å². The van der Waals surface area contributed by atoms with E-state index in [2.05, 4.69) is 13.8 Å². The average Bonchev–Trinajstić information content (AvgIpc) is 3.58. The van der Waals surface area contributed by atoms with Crippen LogP contribution in [0.2, 0.25) is 0 Å². The van der Waals surface area contributed by atoms with E-state index in [0.717, 1.165) is 80.2 Å². The molecule has 0 aliphatic carbocycles. The van der Waals surface area contributed by atoms with E-state index in [1.54, 1.807) is 11.3 Å². The lowest BCUT2D eigenvalue weighted by Gasteiger charge is -2.12. The first kappa shape index (κ1) is 39.1. The van der Waals surface area contributed by atoms with Gasteiger partial charge in [-0.3, -0.25) is 28.3 Å². The molecular weight excluding hydrogens is 701 g/mol. The summed E-state index contributed by atoms with van der Waals surface area (Å²) in [6.45, 7) is 5.32. The highest BCUT2D eigenvalue weighted by atomic mass is 32.1. The zero-order valence-corrected chi connectivity index (χ0v) is 33.9. The monoisotopic (exact) mass is 758 g/mol. The van der Waals surface area contributed by atoms with Gasteiger partial charge in [0.2, 0.25) is 0 Å². The topological polar surface area (TPSA) is 78.1 Å². The first-order chi connectivity index (χ1) is 27.0. The van der Waals surface area contributed by atoms with Crippen molar-refractivity contribution in [2.24, 2.45) is 0 Å². The normalized spacial score (nSPS) is 12.3. The summed E-state index contributed by atoms with van der Waals surface area (Å²) in [4.78, 5) is 56.0. The second kappa shape index (κ2) is 18.2. The predicted molar refractivity (Wildman–Crippen MR) is 236 cm³/mol. The number of aromatic nitrogens is 2. The molecule has 0 saturated carbocycles. The van der Waals surface area contributed by atoms with Crippen LogP contribution in [-0.2, 0) is 13.1 Å². The Hall–Kier alpha value is -4.10. The van der Waals surface area contributed by atoms with Crippen LogP contribution >= 0.6 is 11.3 Å². The first-order valence-corrected chi connectivity index (χ1v) is 22.4. The Bertz CT molecular complexity index is 2450. The molecule has 3 heterocycles. The molecule has 55 heavy (non-hydrogen) atoms. The minimum Gasteiger partial charge on any atom is -0.274 e. The van der Waals surface area contributed by atoms with Gasteiger partial charge in [-0.1, -0.05) is 154 Å². The fourth-order valence-corrected chi connectivity index (χ4v) is 10.3. The van der Waals surface area contributed by atoms with Gasteiger partial charge in [-0.05, 0) is 37.1 Å². The number of benzene rings is 4. The Balaban J connectivity index is 1.19. The van der Waals surface area contributed by atoms with Crippen molar-refractivity contribution in [3.63, 3.8) is 0 Å². The lowest BCUT2D eigenvalue weighted by molar-refractivity contribution is 0.527. The maximum absolute atomic E-state index is 14.2. The molecule has 0 spiro atoms. The number of pyridine rings is 2. The average molecular weight is 759 g/mol. The third kappa shape index (κ3) is 7.96. The van der Waals surface area contributed by atoms with E-state index in [0.29, 0.717) is 34.6 Å². The molecule has 0 radical (unpaired) electrons. The van der Waals surface area contributed by atoms with Crippen LogP contribution in [0, 0.1) is 0 Å².